The molecule has 4 nitrogen and oxygen atoms in total. The fraction of sp³-hybridized carbons (Fsp3) is 0.412. The standard InChI is InChI=1S/C17H23N3O/c1-14-13-15(2)20(19-14)12-8-4-7-11-18-17(21)16-9-5-3-6-10-16/h3,5-6,9-10,13H,4,7-8,11-12H2,1-2H3,(H,18,21). The molecule has 112 valence electrons. The number of nitrogens with zero attached hydrogens (tertiary/aromatic N) is 2. The predicted molar refractivity (Wildman–Crippen MR) is 84.3 cm³/mol. The largest absolute Gasteiger partial charge is 0.352 e. The van der Waals surface area contributed by atoms with E-state index in [2.05, 4.69) is 28.1 Å². The van der Waals surface area contributed by atoms with Crippen LogP contribution in [0.15, 0.2) is 36.4 Å². The van der Waals surface area contributed by atoms with E-state index in [0.29, 0.717) is 0 Å². The van der Waals surface area contributed by atoms with E-state index >= 15 is 0 Å². The van der Waals surface area contributed by atoms with E-state index in [1.165, 1.54) is 5.69 Å². The molecule has 0 fully saturated rings. The number of aromatic nitrogens is 2. The van der Waals surface area contributed by atoms with Crippen LogP contribution in [0, 0.1) is 13.8 Å². The minimum Gasteiger partial charge on any atom is -0.352 e. The average Bonchev–Trinajstić information content (AvgIpc) is 2.81. The summed E-state index contributed by atoms with van der Waals surface area (Å²) < 4.78 is 2.05. The maximum atomic E-state index is 11.8. The van der Waals surface area contributed by atoms with Crippen molar-refractivity contribution in [3.05, 3.63) is 53.3 Å². The van der Waals surface area contributed by atoms with Gasteiger partial charge in [-0.15, -0.1) is 0 Å². The van der Waals surface area contributed by atoms with Gasteiger partial charge in [0.2, 0.25) is 0 Å². The lowest BCUT2D eigenvalue weighted by Crippen LogP contribution is -2.24. The fourth-order valence-electron chi connectivity index (χ4n) is 2.36. The highest BCUT2D eigenvalue weighted by molar-refractivity contribution is 5.94. The molecule has 0 bridgehead atoms. The molecule has 0 atom stereocenters. The van der Waals surface area contributed by atoms with Crippen LogP contribution in [0.5, 0.6) is 0 Å². The summed E-state index contributed by atoms with van der Waals surface area (Å²) >= 11 is 0. The van der Waals surface area contributed by atoms with Crippen LogP contribution in [0.3, 0.4) is 0 Å². The average molecular weight is 285 g/mol. The van der Waals surface area contributed by atoms with Gasteiger partial charge in [-0.3, -0.25) is 9.48 Å². The van der Waals surface area contributed by atoms with Crippen LogP contribution in [0.4, 0.5) is 0 Å². The Kier molecular flexibility index (Phi) is 5.55. The Hall–Kier alpha value is -2.10. The van der Waals surface area contributed by atoms with Gasteiger partial charge in [0.25, 0.3) is 5.91 Å². The lowest BCUT2D eigenvalue weighted by atomic mass is 10.2. The van der Waals surface area contributed by atoms with Crippen molar-refractivity contribution in [2.24, 2.45) is 0 Å². The van der Waals surface area contributed by atoms with E-state index in [9.17, 15) is 4.79 Å². The number of hydrogen-bond acceptors (Lipinski definition) is 2. The summed E-state index contributed by atoms with van der Waals surface area (Å²) in [6.45, 7) is 5.78. The van der Waals surface area contributed by atoms with Crippen molar-refractivity contribution < 1.29 is 4.79 Å². The van der Waals surface area contributed by atoms with Crippen molar-refractivity contribution in [3.8, 4) is 0 Å². The Balaban J connectivity index is 1.60. The number of hydrogen-bond donors (Lipinski definition) is 1. The molecule has 2 aromatic rings. The molecule has 1 aromatic heterocycles. The summed E-state index contributed by atoms with van der Waals surface area (Å²) in [6, 6.07) is 11.4. The number of carbonyl (C=O) groups excluding carboxylic acids is 1. The molecular formula is C17H23N3O. The first-order valence-corrected chi connectivity index (χ1v) is 7.51. The molecule has 4 heteroatoms. The molecule has 0 aliphatic carbocycles. The van der Waals surface area contributed by atoms with Crippen LogP contribution in [0.25, 0.3) is 0 Å². The van der Waals surface area contributed by atoms with E-state index in [1.54, 1.807) is 0 Å². The molecule has 0 unspecified atom stereocenters. The van der Waals surface area contributed by atoms with Crippen molar-refractivity contribution in [1.82, 2.24) is 15.1 Å². The third-order valence-corrected chi connectivity index (χ3v) is 3.47. The Morgan fingerprint density at radius 3 is 2.57 bits per heavy atom. The molecule has 0 radical (unpaired) electrons. The molecule has 0 spiro atoms. The van der Waals surface area contributed by atoms with Crippen LogP contribution in [-0.2, 0) is 6.54 Å². The summed E-state index contributed by atoms with van der Waals surface area (Å²) in [6.07, 6.45) is 3.18. The van der Waals surface area contributed by atoms with Gasteiger partial charge in [-0.05, 0) is 51.3 Å². The van der Waals surface area contributed by atoms with E-state index in [0.717, 1.165) is 43.6 Å². The third kappa shape index (κ3) is 4.74. The van der Waals surface area contributed by atoms with E-state index in [1.807, 2.05) is 37.3 Å². The van der Waals surface area contributed by atoms with Gasteiger partial charge in [0.05, 0.1) is 5.69 Å². The van der Waals surface area contributed by atoms with Gasteiger partial charge in [0.15, 0.2) is 0 Å². The Labute approximate surface area is 126 Å². The molecule has 1 amide bonds. The number of amides is 1. The fourth-order valence-corrected chi connectivity index (χ4v) is 2.36. The maximum absolute atomic E-state index is 11.8. The normalized spacial score (nSPS) is 10.6. The van der Waals surface area contributed by atoms with Gasteiger partial charge < -0.3 is 5.32 Å². The first kappa shape index (κ1) is 15.3. The molecule has 0 aliphatic rings. The van der Waals surface area contributed by atoms with Crippen LogP contribution >= 0.6 is 0 Å². The van der Waals surface area contributed by atoms with E-state index < -0.39 is 0 Å². The molecule has 0 saturated carbocycles. The molecular weight excluding hydrogens is 262 g/mol. The zero-order valence-corrected chi connectivity index (χ0v) is 12.8. The number of nitrogens with one attached hydrogen (secondary N) is 1. The molecule has 0 saturated heterocycles. The lowest BCUT2D eigenvalue weighted by Gasteiger charge is -2.06. The van der Waals surface area contributed by atoms with Crippen molar-refractivity contribution in [2.45, 2.75) is 39.7 Å². The summed E-state index contributed by atoms with van der Waals surface area (Å²) in [5.74, 6) is 0.00847. The van der Waals surface area contributed by atoms with Gasteiger partial charge >= 0.3 is 0 Å². The SMILES string of the molecule is Cc1cc(C)n(CCCCCNC(=O)c2ccccc2)n1. The highest BCUT2D eigenvalue weighted by atomic mass is 16.1. The van der Waals surface area contributed by atoms with Crippen LogP contribution in [0.1, 0.15) is 41.0 Å². The Morgan fingerprint density at radius 1 is 1.14 bits per heavy atom. The minimum atomic E-state index is 0.00847. The number of carbonyl (C=O) groups is 1. The number of aryl methyl sites for hydroxylation is 3. The molecule has 0 aliphatic heterocycles. The highest BCUT2D eigenvalue weighted by Gasteiger charge is 2.03. The summed E-state index contributed by atoms with van der Waals surface area (Å²) in [5.41, 5.74) is 3.01. The first-order chi connectivity index (χ1) is 10.2. The second kappa shape index (κ2) is 7.62. The van der Waals surface area contributed by atoms with Gasteiger partial charge in [0.1, 0.15) is 0 Å². The summed E-state index contributed by atoms with van der Waals surface area (Å²) in [7, 11) is 0. The summed E-state index contributed by atoms with van der Waals surface area (Å²) in [5, 5.41) is 7.39. The number of unbranched alkanes of at least 4 members (excludes halogenated alkanes) is 2. The second-order valence-electron chi connectivity index (χ2n) is 5.33. The first-order valence-electron chi connectivity index (χ1n) is 7.51. The molecule has 21 heavy (non-hydrogen) atoms. The van der Waals surface area contributed by atoms with E-state index in [4.69, 9.17) is 0 Å². The van der Waals surface area contributed by atoms with Crippen LogP contribution < -0.4 is 5.32 Å². The van der Waals surface area contributed by atoms with Crippen molar-refractivity contribution in [3.63, 3.8) is 0 Å². The van der Waals surface area contributed by atoms with Crippen molar-refractivity contribution >= 4 is 5.91 Å². The minimum absolute atomic E-state index is 0.00847. The van der Waals surface area contributed by atoms with Gasteiger partial charge in [-0.25, -0.2) is 0 Å². The van der Waals surface area contributed by atoms with E-state index in [-0.39, 0.29) is 5.91 Å². The topological polar surface area (TPSA) is 46.9 Å². The summed E-state index contributed by atoms with van der Waals surface area (Å²) in [4.78, 5) is 11.8. The lowest BCUT2D eigenvalue weighted by molar-refractivity contribution is 0.0953. The highest BCUT2D eigenvalue weighted by Crippen LogP contribution is 2.05. The monoisotopic (exact) mass is 285 g/mol. The smallest absolute Gasteiger partial charge is 0.251 e. The van der Waals surface area contributed by atoms with Crippen molar-refractivity contribution in [1.29, 1.82) is 0 Å². The maximum Gasteiger partial charge on any atom is 0.251 e. The van der Waals surface area contributed by atoms with Crippen molar-refractivity contribution in [2.75, 3.05) is 6.54 Å². The molecule has 1 N–H and O–H groups in total. The van der Waals surface area contributed by atoms with Crippen LogP contribution in [-0.4, -0.2) is 22.2 Å². The zero-order valence-electron chi connectivity index (χ0n) is 12.8. The Morgan fingerprint density at radius 2 is 1.90 bits per heavy atom. The van der Waals surface area contributed by atoms with Crippen LogP contribution in [0.2, 0.25) is 0 Å². The Bertz CT molecular complexity index is 575. The predicted octanol–water partition coefficient (Wildman–Crippen LogP) is 3.10. The molecule has 1 heterocycles. The molecule has 1 aromatic carbocycles. The quantitative estimate of drug-likeness (QED) is 0.795. The van der Waals surface area contributed by atoms with Gasteiger partial charge in [0, 0.05) is 24.3 Å². The number of benzene rings is 1. The van der Waals surface area contributed by atoms with Gasteiger partial charge in [-0.1, -0.05) is 18.2 Å². The zero-order chi connectivity index (χ0) is 15.1. The van der Waals surface area contributed by atoms with Gasteiger partial charge in [-0.2, -0.15) is 5.10 Å². The second-order valence-corrected chi connectivity index (χ2v) is 5.33. The third-order valence-electron chi connectivity index (χ3n) is 3.47. The number of rotatable bonds is 7. The molecule has 2 rings (SSSR count).